The highest BCUT2D eigenvalue weighted by atomic mass is 35.5. The minimum Gasteiger partial charge on any atom is -0.503 e. The monoisotopic (exact) mass is 242 g/mol. The number of rotatable bonds is 1. The number of aryl methyl sites for hydroxylation is 1. The van der Waals surface area contributed by atoms with Crippen molar-refractivity contribution in [1.29, 1.82) is 0 Å². The van der Waals surface area contributed by atoms with Crippen LogP contribution in [-0.4, -0.2) is 5.11 Å². The molecule has 0 amide bonds. The predicted molar refractivity (Wildman–Crippen MR) is 68.3 cm³/mol. The van der Waals surface area contributed by atoms with Gasteiger partial charge < -0.3 is 10.8 Å². The van der Waals surface area contributed by atoms with Crippen LogP contribution in [0.25, 0.3) is 4.90 Å². The zero-order valence-electron chi connectivity index (χ0n) is 8.31. The van der Waals surface area contributed by atoms with Gasteiger partial charge in [-0.05, 0) is 19.1 Å². The molecule has 0 aliphatic carbocycles. The lowest BCUT2D eigenvalue weighted by Crippen LogP contribution is -1.83. The molecule has 2 aromatic rings. The van der Waals surface area contributed by atoms with E-state index >= 15 is 0 Å². The summed E-state index contributed by atoms with van der Waals surface area (Å²) < 4.78 is 0. The maximum absolute atomic E-state index is 9.70. The summed E-state index contributed by atoms with van der Waals surface area (Å²) in [5.41, 5.74) is 7.40. The fraction of sp³-hybridized carbons (Fsp3) is 0.0909. The molecule has 1 heterocycles. The second-order valence-corrected chi connectivity index (χ2v) is 4.95. The van der Waals surface area contributed by atoms with E-state index in [0.29, 0.717) is 5.69 Å². The molecule has 2 nitrogen and oxygen atoms in total. The molecule has 0 bridgehead atoms. The lowest BCUT2D eigenvalue weighted by Gasteiger charge is -1.96. The number of halogens is 1. The topological polar surface area (TPSA) is 46.2 Å². The third-order valence-corrected chi connectivity index (χ3v) is 3.94. The summed E-state index contributed by atoms with van der Waals surface area (Å²) in [6, 6.07) is 7.36. The molecule has 1 aromatic carbocycles. The van der Waals surface area contributed by atoms with Crippen LogP contribution in [-0.2, 0) is 0 Å². The highest BCUT2D eigenvalue weighted by molar-refractivity contribution is 7.37. The maximum Gasteiger partial charge on any atom is 0.220 e. The van der Waals surface area contributed by atoms with E-state index in [2.05, 4.69) is 23.8 Å². The Kier molecular flexibility index (Phi) is 3.61. The van der Waals surface area contributed by atoms with Gasteiger partial charge in [0.05, 0.1) is 0 Å². The van der Waals surface area contributed by atoms with Crippen molar-refractivity contribution in [2.75, 3.05) is 5.73 Å². The van der Waals surface area contributed by atoms with Crippen molar-refractivity contribution in [2.24, 2.45) is 0 Å². The first-order valence-electron chi connectivity index (χ1n) is 4.34. The molecule has 0 aliphatic rings. The molecule has 0 spiro atoms. The molecule has 1 aromatic heterocycles. The Labute approximate surface area is 97.7 Å². The summed E-state index contributed by atoms with van der Waals surface area (Å²) >= 11 is 0. The molecule has 80 valence electrons. The van der Waals surface area contributed by atoms with Gasteiger partial charge >= 0.3 is 0 Å². The van der Waals surface area contributed by atoms with Crippen LogP contribution in [0.3, 0.4) is 0 Å². The Morgan fingerprint density at radius 3 is 2.53 bits per heavy atom. The summed E-state index contributed by atoms with van der Waals surface area (Å²) in [5.74, 6) is 0.281. The number of hydrogen-bond acceptors (Lipinski definition) is 2. The normalized spacial score (nSPS) is 10.9. The Balaban J connectivity index is 0.00000112. The molecule has 3 N–H and O–H groups in total. The van der Waals surface area contributed by atoms with Gasteiger partial charge in [0.15, 0.2) is 5.75 Å². The Morgan fingerprint density at radius 1 is 1.27 bits per heavy atom. The molecule has 15 heavy (non-hydrogen) atoms. The van der Waals surface area contributed by atoms with E-state index in [1.807, 2.05) is 12.1 Å². The van der Waals surface area contributed by atoms with Gasteiger partial charge in [0.1, 0.15) is 10.8 Å². The summed E-state index contributed by atoms with van der Waals surface area (Å²) in [4.78, 5) is 0.937. The fourth-order valence-electron chi connectivity index (χ4n) is 1.33. The minimum atomic E-state index is -0.0888. The van der Waals surface area contributed by atoms with Crippen LogP contribution in [0.5, 0.6) is 5.75 Å². The summed E-state index contributed by atoms with van der Waals surface area (Å²) in [7, 11) is -0.0888. The second-order valence-electron chi connectivity index (χ2n) is 3.26. The third-order valence-electron chi connectivity index (χ3n) is 2.03. The Bertz CT molecular complexity index is 467. The quantitative estimate of drug-likeness (QED) is 0.594. The maximum atomic E-state index is 9.70. The molecule has 0 fully saturated rings. The highest BCUT2D eigenvalue weighted by Gasteiger charge is 2.14. The van der Waals surface area contributed by atoms with Crippen LogP contribution in [0.2, 0.25) is 0 Å². The van der Waals surface area contributed by atoms with Crippen LogP contribution >= 0.6 is 22.9 Å². The van der Waals surface area contributed by atoms with E-state index < -0.39 is 0 Å². The summed E-state index contributed by atoms with van der Waals surface area (Å²) in [6.07, 6.45) is 0. The molecule has 4 heteroatoms. The predicted octanol–water partition coefficient (Wildman–Crippen LogP) is 3.44. The first-order valence-corrected chi connectivity index (χ1v) is 5.69. The number of nitrogen functional groups attached to an aromatic ring is 1. The standard InChI is InChI=1S/C11H11NOS.ClH/c1-8-4-5-14(7-8)11-3-2-9(12)6-10(11)13;/h2-7H,12H2,1H3;1H/p+1. The lowest BCUT2D eigenvalue weighted by molar-refractivity contribution is 0.479. The minimum absolute atomic E-state index is 0. The molecular weight excluding hydrogens is 230 g/mol. The molecular formula is C11H13ClNOS+. The van der Waals surface area contributed by atoms with Gasteiger partial charge in [0.2, 0.25) is 4.90 Å². The third kappa shape index (κ3) is 2.43. The molecule has 2 rings (SSSR count). The van der Waals surface area contributed by atoms with Crippen molar-refractivity contribution in [3.63, 3.8) is 0 Å². The van der Waals surface area contributed by atoms with Crippen LogP contribution in [0.1, 0.15) is 5.56 Å². The van der Waals surface area contributed by atoms with E-state index in [9.17, 15) is 5.11 Å². The average Bonchev–Trinajstić information content (AvgIpc) is 2.51. The van der Waals surface area contributed by atoms with Crippen molar-refractivity contribution in [1.82, 2.24) is 0 Å². The SMILES string of the molecule is Cc1cc[s+](-c2ccc(N)cc2O)c1.Cl. The number of nitrogens with two attached hydrogens (primary N) is 1. The number of aromatic hydroxyl groups is 1. The molecule has 1 atom stereocenters. The average molecular weight is 243 g/mol. The number of phenolic OH excluding ortho intramolecular Hbond substituents is 1. The zero-order valence-corrected chi connectivity index (χ0v) is 9.94. The van der Waals surface area contributed by atoms with E-state index in [1.54, 1.807) is 6.07 Å². The van der Waals surface area contributed by atoms with Crippen LogP contribution < -0.4 is 5.73 Å². The van der Waals surface area contributed by atoms with Gasteiger partial charge in [-0.3, -0.25) is 0 Å². The summed E-state index contributed by atoms with van der Waals surface area (Å²) in [5, 5.41) is 13.9. The van der Waals surface area contributed by atoms with Crippen molar-refractivity contribution in [2.45, 2.75) is 6.92 Å². The van der Waals surface area contributed by atoms with Crippen molar-refractivity contribution in [3.8, 4) is 10.6 Å². The van der Waals surface area contributed by atoms with Gasteiger partial charge in [-0.25, -0.2) is 0 Å². The molecule has 0 saturated carbocycles. The second kappa shape index (κ2) is 4.55. The summed E-state index contributed by atoms with van der Waals surface area (Å²) in [6.45, 7) is 2.05. The van der Waals surface area contributed by atoms with E-state index in [-0.39, 0.29) is 28.6 Å². The van der Waals surface area contributed by atoms with Gasteiger partial charge in [-0.2, -0.15) is 0 Å². The zero-order chi connectivity index (χ0) is 10.1. The number of anilines is 1. The molecule has 0 radical (unpaired) electrons. The number of thiophene rings is 1. The van der Waals surface area contributed by atoms with Gasteiger partial charge in [0, 0.05) is 33.9 Å². The molecule has 0 saturated heterocycles. The largest absolute Gasteiger partial charge is 0.503 e. The van der Waals surface area contributed by atoms with Gasteiger partial charge in [0.25, 0.3) is 0 Å². The van der Waals surface area contributed by atoms with E-state index in [4.69, 9.17) is 5.73 Å². The van der Waals surface area contributed by atoms with Crippen LogP contribution in [0, 0.1) is 6.92 Å². The van der Waals surface area contributed by atoms with Crippen LogP contribution in [0.15, 0.2) is 35.0 Å². The highest BCUT2D eigenvalue weighted by Crippen LogP contribution is 2.38. The lowest BCUT2D eigenvalue weighted by atomic mass is 10.3. The van der Waals surface area contributed by atoms with Gasteiger partial charge in [-0.15, -0.1) is 12.4 Å². The smallest absolute Gasteiger partial charge is 0.220 e. The number of hydrogen-bond donors (Lipinski definition) is 2. The number of phenols is 1. The van der Waals surface area contributed by atoms with E-state index in [0.717, 1.165) is 4.90 Å². The van der Waals surface area contributed by atoms with Crippen molar-refractivity contribution < 1.29 is 5.11 Å². The Hall–Kier alpha value is -1.19. The van der Waals surface area contributed by atoms with E-state index in [1.165, 1.54) is 5.56 Å². The molecule has 1 unspecified atom stereocenters. The number of benzene rings is 1. The van der Waals surface area contributed by atoms with Crippen molar-refractivity contribution >= 4 is 28.6 Å². The van der Waals surface area contributed by atoms with Gasteiger partial charge in [-0.1, -0.05) is 0 Å². The Morgan fingerprint density at radius 2 is 2.00 bits per heavy atom. The van der Waals surface area contributed by atoms with Crippen LogP contribution in [0.4, 0.5) is 5.69 Å². The van der Waals surface area contributed by atoms with Crippen molar-refractivity contribution in [3.05, 3.63) is 40.6 Å². The first kappa shape index (κ1) is 11.9. The fourth-order valence-corrected chi connectivity index (χ4v) is 3.05. The molecule has 0 aliphatic heterocycles. The first-order chi connectivity index (χ1) is 6.66.